The molecule has 0 aromatic carbocycles. The first-order chi connectivity index (χ1) is 27.1. The molecule has 0 radical (unpaired) electrons. The zero-order valence-corrected chi connectivity index (χ0v) is 35.3. The molecule has 326 valence electrons. The molecule has 0 fully saturated rings. The minimum atomic E-state index is -0.850. The number of aliphatic carboxylic acids is 1. The Bertz CT molecular complexity index is 1060. The van der Waals surface area contributed by atoms with Gasteiger partial charge in [-0.2, -0.15) is 0 Å². The second kappa shape index (κ2) is 39.4. The van der Waals surface area contributed by atoms with Crippen LogP contribution in [-0.2, 0) is 42.9 Å². The summed E-state index contributed by atoms with van der Waals surface area (Å²) in [5, 5.41) is 26.6. The molecule has 0 saturated carbocycles. The molecule has 0 aromatic rings. The summed E-state index contributed by atoms with van der Waals surface area (Å²) in [4.78, 5) is 58.8. The molecule has 0 aliphatic carbocycles. The molecule has 0 aromatic heterocycles. The molecule has 0 rings (SSSR count). The highest BCUT2D eigenvalue weighted by Gasteiger charge is 2.18. The summed E-state index contributed by atoms with van der Waals surface area (Å²) in [5.74, 6) is -1.82. The number of hydrogen-bond acceptors (Lipinski definition) is 12. The molecule has 15 nitrogen and oxygen atoms in total. The number of carbonyl (C=O) groups excluding carboxylic acids is 4. The summed E-state index contributed by atoms with van der Waals surface area (Å²) >= 11 is 7.67. The van der Waals surface area contributed by atoms with Crippen LogP contribution in [0.4, 0.5) is 0 Å². The van der Waals surface area contributed by atoms with Crippen molar-refractivity contribution in [2.75, 3.05) is 72.5 Å². The highest BCUT2D eigenvalue weighted by molar-refractivity contribution is 7.96. The van der Waals surface area contributed by atoms with Gasteiger partial charge in [0.2, 0.25) is 22.8 Å². The van der Waals surface area contributed by atoms with Gasteiger partial charge in [0.05, 0.1) is 57.4 Å². The number of carboxylic acid groups (broad SMARTS) is 1. The Morgan fingerprint density at radius 3 is 1.45 bits per heavy atom. The number of aliphatic hydroxyl groups is 1. The van der Waals surface area contributed by atoms with Crippen molar-refractivity contribution in [1.82, 2.24) is 20.7 Å². The number of carbonyl (C=O) groups is 5. The fourth-order valence-corrected chi connectivity index (χ4v) is 6.16. The fourth-order valence-electron chi connectivity index (χ4n) is 5.61. The van der Waals surface area contributed by atoms with Crippen molar-refractivity contribution in [2.45, 2.75) is 128 Å². The highest BCUT2D eigenvalue weighted by atomic mass is 32.1. The molecule has 0 aliphatic heterocycles. The monoisotopic (exact) mass is 836 g/mol. The van der Waals surface area contributed by atoms with Crippen LogP contribution in [-0.4, -0.2) is 118 Å². The smallest absolute Gasteiger partial charge is 0.306 e. The van der Waals surface area contributed by atoms with Crippen molar-refractivity contribution in [3.8, 4) is 0 Å². The van der Waals surface area contributed by atoms with Gasteiger partial charge in [0.15, 0.2) is 0 Å². The Morgan fingerprint density at radius 1 is 0.518 bits per heavy atom. The van der Waals surface area contributed by atoms with Gasteiger partial charge in [-0.25, -0.2) is 0 Å². The number of aliphatic hydroxyl groups excluding tert-OH is 1. The maximum absolute atomic E-state index is 12.2. The number of carboxylic acids is 1. The Balaban J connectivity index is 3.59. The van der Waals surface area contributed by atoms with E-state index in [1.807, 2.05) is 0 Å². The van der Waals surface area contributed by atoms with Crippen LogP contribution in [0.1, 0.15) is 122 Å². The Labute approximate surface area is 345 Å². The minimum absolute atomic E-state index is 0.0871. The standard InChI is InChI=1S/C39H72N4O11S2/c1-32(44)16-12-10-8-6-4-2-3-5-7-9-11-13-17-33(38(48)49)19-20-35(45)41-22-24-51-26-29-54-31-37(47)42-23-25-52-27-28-53-30-36(46)40-21-15-14-18-34(43-56)39(50)55/h33-34,43-44,56H,1-31H2,(H,40,46)(H,41,45)(H,42,47)(H,48,49)(H,50,55). The van der Waals surface area contributed by atoms with Gasteiger partial charge in [0.1, 0.15) is 13.2 Å². The second-order valence-electron chi connectivity index (χ2n) is 13.8. The van der Waals surface area contributed by atoms with E-state index in [2.05, 4.69) is 52.7 Å². The van der Waals surface area contributed by atoms with Crippen molar-refractivity contribution < 1.29 is 53.1 Å². The van der Waals surface area contributed by atoms with Gasteiger partial charge >= 0.3 is 5.97 Å². The molecule has 3 amide bonds. The van der Waals surface area contributed by atoms with Crippen LogP contribution in [0.5, 0.6) is 0 Å². The van der Waals surface area contributed by atoms with Gasteiger partial charge in [-0.15, -0.1) is 12.6 Å². The number of hydrogen-bond donors (Lipinski definition) is 8. The van der Waals surface area contributed by atoms with Crippen LogP contribution in [0.15, 0.2) is 12.3 Å². The highest BCUT2D eigenvalue weighted by Crippen LogP contribution is 2.18. The van der Waals surface area contributed by atoms with Crippen LogP contribution < -0.4 is 20.7 Å². The van der Waals surface area contributed by atoms with Crippen LogP contribution in [0.3, 0.4) is 0 Å². The molecule has 0 aliphatic rings. The number of unbranched alkanes of at least 4 members (excludes halogenated alkanes) is 12. The lowest BCUT2D eigenvalue weighted by Gasteiger charge is -2.12. The molecule has 2 unspecified atom stereocenters. The number of ether oxygens (including phenoxy) is 4. The summed E-state index contributed by atoms with van der Waals surface area (Å²) in [5.41, 5.74) is 0. The summed E-state index contributed by atoms with van der Waals surface area (Å²) in [7, 11) is 0. The van der Waals surface area contributed by atoms with Crippen molar-refractivity contribution in [2.24, 2.45) is 5.92 Å². The maximum Gasteiger partial charge on any atom is 0.306 e. The first-order valence-electron chi connectivity index (χ1n) is 20.4. The zero-order valence-electron chi connectivity index (χ0n) is 33.5. The molecule has 56 heavy (non-hydrogen) atoms. The van der Waals surface area contributed by atoms with E-state index in [1.165, 1.54) is 44.9 Å². The lowest BCUT2D eigenvalue weighted by molar-refractivity contribution is -0.142. The lowest BCUT2D eigenvalue weighted by atomic mass is 9.95. The van der Waals surface area contributed by atoms with Crippen LogP contribution in [0.2, 0.25) is 0 Å². The third kappa shape index (κ3) is 37.2. The van der Waals surface area contributed by atoms with Crippen molar-refractivity contribution in [3.63, 3.8) is 0 Å². The number of thiol groups is 2. The largest absolute Gasteiger partial charge is 0.513 e. The van der Waals surface area contributed by atoms with E-state index < -0.39 is 17.9 Å². The van der Waals surface area contributed by atoms with E-state index in [0.717, 1.165) is 38.5 Å². The van der Waals surface area contributed by atoms with E-state index in [-0.39, 0.29) is 87.9 Å². The van der Waals surface area contributed by atoms with E-state index in [4.69, 9.17) is 24.1 Å². The average Bonchev–Trinajstić information content (AvgIpc) is 3.15. The molecular weight excluding hydrogens is 765 g/mol. The molecular formula is C39H72N4O11S2. The van der Waals surface area contributed by atoms with Gasteiger partial charge in [0, 0.05) is 32.5 Å². The van der Waals surface area contributed by atoms with E-state index in [9.17, 15) is 29.1 Å². The molecule has 0 spiro atoms. The third-order valence-electron chi connectivity index (χ3n) is 8.88. The first kappa shape index (κ1) is 53.6. The van der Waals surface area contributed by atoms with Crippen LogP contribution >= 0.6 is 25.4 Å². The van der Waals surface area contributed by atoms with Gasteiger partial charge in [-0.1, -0.05) is 90.0 Å². The van der Waals surface area contributed by atoms with Crippen molar-refractivity contribution in [1.29, 1.82) is 0 Å². The van der Waals surface area contributed by atoms with Crippen molar-refractivity contribution >= 4 is 54.2 Å². The Hall–Kier alpha value is -2.41. The summed E-state index contributed by atoms with van der Waals surface area (Å²) in [6, 6.07) is -0.414. The third-order valence-corrected chi connectivity index (χ3v) is 9.50. The minimum Gasteiger partial charge on any atom is -0.513 e. The fraction of sp³-hybridized carbons (Fsp3) is 0.821. The first-order valence-corrected chi connectivity index (χ1v) is 21.3. The van der Waals surface area contributed by atoms with Crippen LogP contribution in [0, 0.1) is 5.92 Å². The SMILES string of the molecule is C=C(O)CCCCCCCCCCCCCCC(CCC(=O)NCCOCCOCC(=O)NCCOCCOCC(=O)NCCCCC(NS)C(=O)S)C(=O)O. The van der Waals surface area contributed by atoms with Gasteiger partial charge in [0.25, 0.3) is 0 Å². The lowest BCUT2D eigenvalue weighted by Crippen LogP contribution is -2.32. The molecule has 0 saturated heterocycles. The molecule has 0 heterocycles. The van der Waals surface area contributed by atoms with Gasteiger partial charge < -0.3 is 45.1 Å². The Morgan fingerprint density at radius 2 is 0.964 bits per heavy atom. The second-order valence-corrected chi connectivity index (χ2v) is 14.5. The van der Waals surface area contributed by atoms with E-state index in [0.29, 0.717) is 51.7 Å². The Kier molecular flexibility index (Phi) is 37.7. The molecule has 17 heteroatoms. The topological polar surface area (TPSA) is 211 Å². The quantitative estimate of drug-likeness (QED) is 0.0236. The number of allylic oxidation sites excluding steroid dienone is 1. The number of nitrogens with one attached hydrogen (secondary N) is 4. The maximum atomic E-state index is 12.2. The molecule has 6 N–H and O–H groups in total. The zero-order chi connectivity index (χ0) is 41.5. The van der Waals surface area contributed by atoms with E-state index >= 15 is 0 Å². The number of rotatable bonds is 42. The normalized spacial score (nSPS) is 12.2. The van der Waals surface area contributed by atoms with E-state index in [1.54, 1.807) is 0 Å². The van der Waals surface area contributed by atoms with Crippen molar-refractivity contribution in [3.05, 3.63) is 12.3 Å². The predicted molar refractivity (Wildman–Crippen MR) is 223 cm³/mol. The molecule has 2 atom stereocenters. The van der Waals surface area contributed by atoms with Crippen LogP contribution in [0.25, 0.3) is 0 Å². The summed E-state index contributed by atoms with van der Waals surface area (Å²) < 4.78 is 24.0. The van der Waals surface area contributed by atoms with Gasteiger partial charge in [-0.3, -0.25) is 28.7 Å². The van der Waals surface area contributed by atoms with Gasteiger partial charge in [-0.05, 0) is 38.5 Å². The molecule has 0 bridgehead atoms. The summed E-state index contributed by atoms with van der Waals surface area (Å²) in [6.45, 7) is 5.87. The summed E-state index contributed by atoms with van der Waals surface area (Å²) in [6.07, 6.45) is 17.5. The average molecular weight is 837 g/mol. The number of amides is 3. The predicted octanol–water partition coefficient (Wildman–Crippen LogP) is 4.85.